The predicted molar refractivity (Wildman–Crippen MR) is 75.4 cm³/mol. The van der Waals surface area contributed by atoms with E-state index in [2.05, 4.69) is 15.9 Å². The van der Waals surface area contributed by atoms with E-state index in [-0.39, 0.29) is 11.7 Å². The third-order valence-electron chi connectivity index (χ3n) is 3.52. The monoisotopic (exact) mass is 329 g/mol. The topological polar surface area (TPSA) is 29.5 Å². The van der Waals surface area contributed by atoms with Crippen molar-refractivity contribution in [3.05, 3.63) is 29.6 Å². The average molecular weight is 330 g/mol. The maximum atomic E-state index is 13.6. The van der Waals surface area contributed by atoms with Crippen molar-refractivity contribution in [3.8, 4) is 5.75 Å². The molecule has 0 aliphatic carbocycles. The number of carbonyl (C=O) groups is 1. The van der Waals surface area contributed by atoms with Crippen LogP contribution in [-0.4, -0.2) is 36.3 Å². The summed E-state index contributed by atoms with van der Waals surface area (Å²) in [6.07, 6.45) is 1.99. The summed E-state index contributed by atoms with van der Waals surface area (Å²) in [5, 5.41) is 0.978. The van der Waals surface area contributed by atoms with Gasteiger partial charge in [-0.05, 0) is 37.0 Å². The van der Waals surface area contributed by atoms with Gasteiger partial charge in [-0.1, -0.05) is 15.9 Å². The molecule has 3 nitrogen and oxygen atoms in total. The molecule has 0 atom stereocenters. The summed E-state index contributed by atoms with van der Waals surface area (Å²) in [6, 6.07) is 4.35. The molecule has 0 unspecified atom stereocenters. The van der Waals surface area contributed by atoms with Crippen LogP contribution in [0.4, 0.5) is 4.39 Å². The summed E-state index contributed by atoms with van der Waals surface area (Å²) in [5.41, 5.74) is 0.385. The van der Waals surface area contributed by atoms with Crippen LogP contribution in [0, 0.1) is 11.7 Å². The number of hydrogen-bond acceptors (Lipinski definition) is 2. The normalized spacial score (nSPS) is 16.5. The molecule has 19 heavy (non-hydrogen) atoms. The lowest BCUT2D eigenvalue weighted by Crippen LogP contribution is -2.38. The molecular weight excluding hydrogens is 313 g/mol. The van der Waals surface area contributed by atoms with Gasteiger partial charge in [0, 0.05) is 24.0 Å². The highest BCUT2D eigenvalue weighted by molar-refractivity contribution is 9.09. The number of rotatable bonds is 3. The van der Waals surface area contributed by atoms with Crippen LogP contribution >= 0.6 is 15.9 Å². The molecule has 1 saturated heterocycles. The van der Waals surface area contributed by atoms with Gasteiger partial charge in [0.1, 0.15) is 0 Å². The molecule has 0 spiro atoms. The molecule has 0 saturated carbocycles. The number of alkyl halides is 1. The fourth-order valence-corrected chi connectivity index (χ4v) is 2.92. The Kier molecular flexibility index (Phi) is 4.80. The summed E-state index contributed by atoms with van der Waals surface area (Å²) in [5.74, 6) is 0.199. The Labute approximate surface area is 120 Å². The van der Waals surface area contributed by atoms with Crippen molar-refractivity contribution in [1.29, 1.82) is 0 Å². The van der Waals surface area contributed by atoms with Crippen molar-refractivity contribution >= 4 is 21.8 Å². The van der Waals surface area contributed by atoms with Crippen molar-refractivity contribution in [2.45, 2.75) is 12.8 Å². The second-order valence-corrected chi connectivity index (χ2v) is 5.39. The Morgan fingerprint density at radius 1 is 1.47 bits per heavy atom. The number of amides is 1. The van der Waals surface area contributed by atoms with Crippen molar-refractivity contribution < 1.29 is 13.9 Å². The summed E-state index contributed by atoms with van der Waals surface area (Å²) < 4.78 is 18.4. The van der Waals surface area contributed by atoms with Crippen LogP contribution in [0.1, 0.15) is 23.2 Å². The number of hydrogen-bond donors (Lipinski definition) is 0. The molecule has 0 N–H and O–H groups in total. The number of carbonyl (C=O) groups excluding carboxylic acids is 1. The molecule has 1 aromatic carbocycles. The first-order valence-electron chi connectivity index (χ1n) is 6.34. The Morgan fingerprint density at radius 3 is 2.68 bits per heavy atom. The zero-order valence-corrected chi connectivity index (χ0v) is 12.5. The van der Waals surface area contributed by atoms with Crippen LogP contribution in [-0.2, 0) is 0 Å². The average Bonchev–Trinajstić information content (AvgIpc) is 2.46. The van der Waals surface area contributed by atoms with Gasteiger partial charge in [-0.2, -0.15) is 0 Å². The van der Waals surface area contributed by atoms with Crippen LogP contribution in [0.15, 0.2) is 18.2 Å². The molecule has 0 radical (unpaired) electrons. The molecule has 1 aromatic rings. The van der Waals surface area contributed by atoms with Crippen molar-refractivity contribution in [2.24, 2.45) is 5.92 Å². The minimum Gasteiger partial charge on any atom is -0.494 e. The third-order valence-corrected chi connectivity index (χ3v) is 4.43. The highest BCUT2D eigenvalue weighted by atomic mass is 79.9. The van der Waals surface area contributed by atoms with Crippen molar-refractivity contribution in [3.63, 3.8) is 0 Å². The maximum absolute atomic E-state index is 13.6. The Hall–Kier alpha value is -1.10. The fraction of sp³-hybridized carbons (Fsp3) is 0.500. The van der Waals surface area contributed by atoms with E-state index in [4.69, 9.17) is 4.74 Å². The number of ether oxygens (including phenoxy) is 1. The van der Waals surface area contributed by atoms with Gasteiger partial charge >= 0.3 is 0 Å². The second-order valence-electron chi connectivity index (χ2n) is 4.74. The lowest BCUT2D eigenvalue weighted by molar-refractivity contribution is 0.0698. The Morgan fingerprint density at radius 2 is 2.16 bits per heavy atom. The third kappa shape index (κ3) is 3.26. The summed E-state index contributed by atoms with van der Waals surface area (Å²) in [7, 11) is 1.41. The van der Waals surface area contributed by atoms with Crippen LogP contribution in [0.2, 0.25) is 0 Å². The van der Waals surface area contributed by atoms with Gasteiger partial charge in [-0.15, -0.1) is 0 Å². The van der Waals surface area contributed by atoms with Gasteiger partial charge in [0.25, 0.3) is 5.91 Å². The lowest BCUT2D eigenvalue weighted by Gasteiger charge is -2.31. The van der Waals surface area contributed by atoms with Crippen LogP contribution in [0.3, 0.4) is 0 Å². The largest absolute Gasteiger partial charge is 0.494 e. The first-order valence-corrected chi connectivity index (χ1v) is 7.46. The maximum Gasteiger partial charge on any atom is 0.253 e. The molecule has 0 bridgehead atoms. The molecule has 0 aromatic heterocycles. The van der Waals surface area contributed by atoms with Crippen LogP contribution in [0.25, 0.3) is 0 Å². The van der Waals surface area contributed by atoms with E-state index >= 15 is 0 Å². The molecule has 1 heterocycles. The minimum absolute atomic E-state index is 0.102. The van der Waals surface area contributed by atoms with E-state index in [0.29, 0.717) is 11.5 Å². The minimum atomic E-state index is -0.497. The summed E-state index contributed by atoms with van der Waals surface area (Å²) in [4.78, 5) is 14.0. The van der Waals surface area contributed by atoms with Gasteiger partial charge in [0.05, 0.1) is 7.11 Å². The lowest BCUT2D eigenvalue weighted by atomic mass is 9.98. The number of likely N-dealkylation sites (tertiary alicyclic amines) is 1. The molecule has 5 heteroatoms. The number of methoxy groups -OCH3 is 1. The van der Waals surface area contributed by atoms with E-state index in [0.717, 1.165) is 31.3 Å². The number of benzene rings is 1. The van der Waals surface area contributed by atoms with Crippen molar-refractivity contribution in [2.75, 3.05) is 25.5 Å². The number of nitrogens with zero attached hydrogens (tertiary/aromatic N) is 1. The summed E-state index contributed by atoms with van der Waals surface area (Å²) in [6.45, 7) is 1.48. The Balaban J connectivity index is 2.06. The van der Waals surface area contributed by atoms with Crippen LogP contribution < -0.4 is 4.74 Å². The number of piperidine rings is 1. The number of halogens is 2. The van der Waals surface area contributed by atoms with Gasteiger partial charge in [0.15, 0.2) is 11.6 Å². The SMILES string of the molecule is COc1ccc(C(=O)N2CCC(CBr)CC2)cc1F. The zero-order valence-electron chi connectivity index (χ0n) is 10.9. The fourth-order valence-electron chi connectivity index (χ4n) is 2.27. The van der Waals surface area contributed by atoms with Gasteiger partial charge in [0.2, 0.25) is 0 Å². The molecule has 1 aliphatic rings. The molecule has 1 aliphatic heterocycles. The van der Waals surface area contributed by atoms with E-state index in [1.165, 1.54) is 19.2 Å². The first kappa shape index (κ1) is 14.3. The predicted octanol–water partition coefficient (Wildman–Crippen LogP) is 3.08. The smallest absolute Gasteiger partial charge is 0.253 e. The highest BCUT2D eigenvalue weighted by Gasteiger charge is 2.23. The van der Waals surface area contributed by atoms with E-state index < -0.39 is 5.82 Å². The van der Waals surface area contributed by atoms with Crippen LogP contribution in [0.5, 0.6) is 5.75 Å². The van der Waals surface area contributed by atoms with Gasteiger partial charge in [-0.3, -0.25) is 4.79 Å². The zero-order chi connectivity index (χ0) is 13.8. The Bertz CT molecular complexity index is 459. The molecular formula is C14H17BrFNO2. The standard InChI is InChI=1S/C14H17BrFNO2/c1-19-13-3-2-11(8-12(13)16)14(18)17-6-4-10(9-15)5-7-17/h2-3,8,10H,4-7,9H2,1H3. The van der Waals surface area contributed by atoms with Crippen molar-refractivity contribution in [1.82, 2.24) is 4.90 Å². The highest BCUT2D eigenvalue weighted by Crippen LogP contribution is 2.22. The molecule has 104 valence electrons. The second kappa shape index (κ2) is 6.37. The van der Waals surface area contributed by atoms with Gasteiger partial charge < -0.3 is 9.64 Å². The quantitative estimate of drug-likeness (QED) is 0.797. The van der Waals surface area contributed by atoms with E-state index in [1.807, 2.05) is 0 Å². The molecule has 1 fully saturated rings. The summed E-state index contributed by atoms with van der Waals surface area (Å²) >= 11 is 3.47. The first-order chi connectivity index (χ1) is 9.15. The molecule has 1 amide bonds. The molecule has 2 rings (SSSR count). The van der Waals surface area contributed by atoms with Gasteiger partial charge in [-0.25, -0.2) is 4.39 Å². The van der Waals surface area contributed by atoms with E-state index in [9.17, 15) is 9.18 Å². The van der Waals surface area contributed by atoms with E-state index in [1.54, 1.807) is 11.0 Å².